The Hall–Kier alpha value is -1.75. The van der Waals surface area contributed by atoms with Gasteiger partial charge in [-0.25, -0.2) is 4.79 Å². The minimum Gasteiger partial charge on any atom is -0.398 e. The Bertz CT molecular complexity index is 392. The number of amides is 2. The van der Waals surface area contributed by atoms with E-state index in [9.17, 15) is 9.59 Å². The van der Waals surface area contributed by atoms with Crippen molar-refractivity contribution in [2.45, 2.75) is 0 Å². The Labute approximate surface area is 85.0 Å². The van der Waals surface area contributed by atoms with Crippen LogP contribution in [0.4, 0.5) is 16.2 Å². The molecule has 1 aromatic rings. The van der Waals surface area contributed by atoms with Gasteiger partial charge in [-0.3, -0.25) is 4.79 Å². The highest BCUT2D eigenvalue weighted by molar-refractivity contribution is 6.36. The highest BCUT2D eigenvalue weighted by atomic mass is 35.5. The molecule has 6 heteroatoms. The van der Waals surface area contributed by atoms with Crippen molar-refractivity contribution >= 4 is 35.3 Å². The van der Waals surface area contributed by atoms with E-state index in [1.165, 1.54) is 12.1 Å². The monoisotopic (exact) mass is 213 g/mol. The highest BCUT2D eigenvalue weighted by Gasteiger charge is 2.09. The third kappa shape index (κ3) is 1.94. The second kappa shape index (κ2) is 3.97. The molecule has 0 bridgehead atoms. The van der Waals surface area contributed by atoms with Gasteiger partial charge in [0.15, 0.2) is 6.29 Å². The van der Waals surface area contributed by atoms with Crippen LogP contribution in [0.1, 0.15) is 10.4 Å². The highest BCUT2D eigenvalue weighted by Crippen LogP contribution is 2.28. The van der Waals surface area contributed by atoms with E-state index in [0.29, 0.717) is 6.29 Å². The molecule has 0 spiro atoms. The summed E-state index contributed by atoms with van der Waals surface area (Å²) in [6, 6.07) is 2.17. The molecule has 0 unspecified atom stereocenters. The number of anilines is 2. The van der Waals surface area contributed by atoms with Crippen molar-refractivity contribution < 1.29 is 9.59 Å². The lowest BCUT2D eigenvalue weighted by molar-refractivity contribution is 0.112. The molecular weight excluding hydrogens is 206 g/mol. The van der Waals surface area contributed by atoms with E-state index in [-0.39, 0.29) is 22.0 Å². The Balaban J connectivity index is 3.20. The van der Waals surface area contributed by atoms with E-state index < -0.39 is 6.03 Å². The van der Waals surface area contributed by atoms with Gasteiger partial charge in [0, 0.05) is 5.69 Å². The summed E-state index contributed by atoms with van der Waals surface area (Å²) >= 11 is 5.78. The summed E-state index contributed by atoms with van der Waals surface area (Å²) in [6.07, 6.45) is 0.518. The third-order valence-electron chi connectivity index (χ3n) is 1.59. The van der Waals surface area contributed by atoms with E-state index in [1.807, 2.05) is 0 Å². The maximum atomic E-state index is 10.6. The molecule has 5 nitrogen and oxygen atoms in total. The standard InChI is InChI=1S/C8H8ClN3O2/c9-7-4(3-13)5(10)1-2-6(7)12-8(11)14/h1-3H,10H2,(H3,11,12,14). The summed E-state index contributed by atoms with van der Waals surface area (Å²) in [4.78, 5) is 21.1. The van der Waals surface area contributed by atoms with Gasteiger partial charge in [-0.2, -0.15) is 0 Å². The van der Waals surface area contributed by atoms with Crippen LogP contribution in [0.2, 0.25) is 5.02 Å². The van der Waals surface area contributed by atoms with Crippen LogP contribution in [0, 0.1) is 0 Å². The quantitative estimate of drug-likeness (QED) is 0.509. The van der Waals surface area contributed by atoms with Crippen molar-refractivity contribution in [3.63, 3.8) is 0 Å². The lowest BCUT2D eigenvalue weighted by Gasteiger charge is -2.07. The van der Waals surface area contributed by atoms with E-state index >= 15 is 0 Å². The number of nitrogen functional groups attached to an aromatic ring is 1. The number of urea groups is 1. The molecule has 0 heterocycles. The molecule has 1 aromatic carbocycles. The molecule has 0 aliphatic carbocycles. The summed E-state index contributed by atoms with van der Waals surface area (Å²) in [5, 5.41) is 2.35. The molecule has 1 rings (SSSR count). The van der Waals surface area contributed by atoms with Gasteiger partial charge < -0.3 is 16.8 Å². The van der Waals surface area contributed by atoms with Crippen molar-refractivity contribution in [2.24, 2.45) is 5.73 Å². The van der Waals surface area contributed by atoms with Gasteiger partial charge in [0.1, 0.15) is 0 Å². The fourth-order valence-corrected chi connectivity index (χ4v) is 1.22. The molecule has 14 heavy (non-hydrogen) atoms. The average Bonchev–Trinajstić information content (AvgIpc) is 2.10. The van der Waals surface area contributed by atoms with Crippen molar-refractivity contribution in [2.75, 3.05) is 11.1 Å². The zero-order valence-corrected chi connectivity index (χ0v) is 7.84. The van der Waals surface area contributed by atoms with Crippen LogP contribution in [-0.4, -0.2) is 12.3 Å². The van der Waals surface area contributed by atoms with Crippen LogP contribution in [0.3, 0.4) is 0 Å². The first-order valence-electron chi connectivity index (χ1n) is 3.66. The summed E-state index contributed by atoms with van der Waals surface area (Å²) in [5.74, 6) is 0. The first-order chi connectivity index (χ1) is 6.56. The first kappa shape index (κ1) is 10.3. The number of carbonyl (C=O) groups excluding carboxylic acids is 2. The Kier molecular flexibility index (Phi) is 2.93. The fraction of sp³-hybridized carbons (Fsp3) is 0. The summed E-state index contributed by atoms with van der Waals surface area (Å²) in [7, 11) is 0. The SMILES string of the molecule is NC(=O)Nc1ccc(N)c(C=O)c1Cl. The molecule has 0 aliphatic rings. The molecule has 0 aromatic heterocycles. The molecule has 74 valence electrons. The molecule has 2 amide bonds. The van der Waals surface area contributed by atoms with Crippen molar-refractivity contribution in [1.29, 1.82) is 0 Å². The lowest BCUT2D eigenvalue weighted by Crippen LogP contribution is -2.19. The number of halogens is 1. The van der Waals surface area contributed by atoms with Crippen molar-refractivity contribution in [3.8, 4) is 0 Å². The van der Waals surface area contributed by atoms with E-state index in [1.54, 1.807) is 0 Å². The summed E-state index contributed by atoms with van der Waals surface area (Å²) < 4.78 is 0. The maximum absolute atomic E-state index is 10.6. The summed E-state index contributed by atoms with van der Waals surface area (Å²) in [5.41, 5.74) is 11.0. The Morgan fingerprint density at radius 3 is 2.64 bits per heavy atom. The minimum atomic E-state index is -0.756. The molecule has 5 N–H and O–H groups in total. The van der Waals surface area contributed by atoms with Gasteiger partial charge in [0.2, 0.25) is 0 Å². The number of primary amides is 1. The number of hydrogen-bond donors (Lipinski definition) is 3. The normalized spacial score (nSPS) is 9.50. The number of benzene rings is 1. The minimum absolute atomic E-state index is 0.0822. The van der Waals surface area contributed by atoms with E-state index in [4.69, 9.17) is 23.1 Å². The average molecular weight is 214 g/mol. The number of nitrogens with one attached hydrogen (secondary N) is 1. The van der Waals surface area contributed by atoms with Gasteiger partial charge in [0.25, 0.3) is 0 Å². The van der Waals surface area contributed by atoms with Crippen LogP contribution in [0.5, 0.6) is 0 Å². The molecule has 0 radical (unpaired) electrons. The van der Waals surface area contributed by atoms with Crippen LogP contribution in [-0.2, 0) is 0 Å². The molecule has 0 fully saturated rings. The molecule has 0 saturated heterocycles. The second-order valence-corrected chi connectivity index (χ2v) is 2.92. The van der Waals surface area contributed by atoms with Gasteiger partial charge in [0.05, 0.1) is 16.3 Å². The third-order valence-corrected chi connectivity index (χ3v) is 2.00. The second-order valence-electron chi connectivity index (χ2n) is 2.54. The Morgan fingerprint density at radius 2 is 2.14 bits per heavy atom. The van der Waals surface area contributed by atoms with Crippen LogP contribution in [0.25, 0.3) is 0 Å². The van der Waals surface area contributed by atoms with Crippen LogP contribution < -0.4 is 16.8 Å². The van der Waals surface area contributed by atoms with Crippen LogP contribution in [0.15, 0.2) is 12.1 Å². The predicted octanol–water partition coefficient (Wildman–Crippen LogP) is 1.23. The molecular formula is C8H8ClN3O2. The van der Waals surface area contributed by atoms with Crippen molar-refractivity contribution in [1.82, 2.24) is 0 Å². The van der Waals surface area contributed by atoms with Gasteiger partial charge in [-0.05, 0) is 12.1 Å². The number of rotatable bonds is 2. The zero-order chi connectivity index (χ0) is 10.7. The van der Waals surface area contributed by atoms with E-state index in [0.717, 1.165) is 0 Å². The molecule has 0 atom stereocenters. The van der Waals surface area contributed by atoms with Gasteiger partial charge >= 0.3 is 6.03 Å². The fourth-order valence-electron chi connectivity index (χ4n) is 0.957. The van der Waals surface area contributed by atoms with E-state index in [2.05, 4.69) is 5.32 Å². The number of nitrogens with two attached hydrogens (primary N) is 2. The molecule has 0 saturated carbocycles. The first-order valence-corrected chi connectivity index (χ1v) is 4.03. The Morgan fingerprint density at radius 1 is 1.50 bits per heavy atom. The number of hydrogen-bond acceptors (Lipinski definition) is 3. The van der Waals surface area contributed by atoms with Crippen LogP contribution >= 0.6 is 11.6 Å². The smallest absolute Gasteiger partial charge is 0.316 e. The maximum Gasteiger partial charge on any atom is 0.316 e. The van der Waals surface area contributed by atoms with Gasteiger partial charge in [-0.1, -0.05) is 11.6 Å². The zero-order valence-electron chi connectivity index (χ0n) is 7.08. The van der Waals surface area contributed by atoms with Crippen molar-refractivity contribution in [3.05, 3.63) is 22.7 Å². The largest absolute Gasteiger partial charge is 0.398 e. The lowest BCUT2D eigenvalue weighted by atomic mass is 10.2. The number of aldehydes is 1. The summed E-state index contributed by atoms with van der Waals surface area (Å²) in [6.45, 7) is 0. The number of carbonyl (C=O) groups is 2. The topological polar surface area (TPSA) is 98.2 Å². The van der Waals surface area contributed by atoms with Gasteiger partial charge in [-0.15, -0.1) is 0 Å². The predicted molar refractivity (Wildman–Crippen MR) is 54.5 cm³/mol. The molecule has 0 aliphatic heterocycles.